The third-order valence-electron chi connectivity index (χ3n) is 4.93. The summed E-state index contributed by atoms with van der Waals surface area (Å²) in [6, 6.07) is 0. The molecule has 0 unspecified atom stereocenters. The van der Waals surface area contributed by atoms with Gasteiger partial charge in [-0.2, -0.15) is 8.42 Å². The SMILES string of the molecule is O=S(=O)(OC12CCC(CC1)C2)C1CCCCC1. The van der Waals surface area contributed by atoms with Crippen molar-refractivity contribution in [2.24, 2.45) is 5.92 Å². The van der Waals surface area contributed by atoms with Crippen molar-refractivity contribution >= 4 is 10.1 Å². The van der Waals surface area contributed by atoms with E-state index in [1.807, 2.05) is 0 Å². The Balaban J connectivity index is 1.71. The molecular weight excluding hydrogens is 236 g/mol. The van der Waals surface area contributed by atoms with Gasteiger partial charge in [0.1, 0.15) is 0 Å². The third kappa shape index (κ3) is 2.26. The molecule has 2 bridgehead atoms. The summed E-state index contributed by atoms with van der Waals surface area (Å²) in [4.78, 5) is 0. The minimum absolute atomic E-state index is 0.217. The normalized spacial score (nSPS) is 38.7. The fourth-order valence-electron chi connectivity index (χ4n) is 3.92. The van der Waals surface area contributed by atoms with Crippen molar-refractivity contribution in [1.82, 2.24) is 0 Å². The summed E-state index contributed by atoms with van der Waals surface area (Å²) in [6.07, 6.45) is 10.1. The maximum atomic E-state index is 12.3. The molecular formula is C13H22O3S. The Morgan fingerprint density at radius 1 is 0.941 bits per heavy atom. The molecule has 0 aromatic rings. The zero-order valence-electron chi connectivity index (χ0n) is 10.4. The first kappa shape index (κ1) is 12.0. The molecule has 3 fully saturated rings. The van der Waals surface area contributed by atoms with E-state index in [9.17, 15) is 8.42 Å². The molecule has 3 aliphatic carbocycles. The van der Waals surface area contributed by atoms with E-state index < -0.39 is 10.1 Å². The van der Waals surface area contributed by atoms with E-state index >= 15 is 0 Å². The summed E-state index contributed by atoms with van der Waals surface area (Å²) in [6.45, 7) is 0. The summed E-state index contributed by atoms with van der Waals surface area (Å²) in [5, 5.41) is -0.217. The Morgan fingerprint density at radius 3 is 2.12 bits per heavy atom. The molecule has 3 nitrogen and oxygen atoms in total. The first-order chi connectivity index (χ1) is 8.10. The van der Waals surface area contributed by atoms with Gasteiger partial charge in [0.2, 0.25) is 0 Å². The summed E-state index contributed by atoms with van der Waals surface area (Å²) >= 11 is 0. The standard InChI is InChI=1S/C13H22O3S/c14-17(15,12-4-2-1-3-5-12)16-13-8-6-11(10-13)7-9-13/h11-12H,1-10H2. The van der Waals surface area contributed by atoms with Gasteiger partial charge in [-0.1, -0.05) is 19.3 Å². The van der Waals surface area contributed by atoms with Crippen molar-refractivity contribution in [2.75, 3.05) is 0 Å². The predicted octanol–water partition coefficient (Wildman–Crippen LogP) is 3.00. The van der Waals surface area contributed by atoms with E-state index in [1.54, 1.807) is 0 Å². The molecule has 0 heterocycles. The number of hydrogen-bond donors (Lipinski definition) is 0. The lowest BCUT2D eigenvalue weighted by atomic mass is 9.98. The quantitative estimate of drug-likeness (QED) is 0.731. The van der Waals surface area contributed by atoms with Gasteiger partial charge in [-0.15, -0.1) is 0 Å². The van der Waals surface area contributed by atoms with Crippen LogP contribution in [0.2, 0.25) is 0 Å². The van der Waals surface area contributed by atoms with Crippen LogP contribution < -0.4 is 0 Å². The average Bonchev–Trinajstić information content (AvgIpc) is 2.89. The van der Waals surface area contributed by atoms with Crippen molar-refractivity contribution in [1.29, 1.82) is 0 Å². The lowest BCUT2D eigenvalue weighted by Crippen LogP contribution is -2.36. The smallest absolute Gasteiger partial charge is 0.263 e. The van der Waals surface area contributed by atoms with Crippen molar-refractivity contribution in [3.63, 3.8) is 0 Å². The summed E-state index contributed by atoms with van der Waals surface area (Å²) in [5.41, 5.74) is -0.291. The maximum absolute atomic E-state index is 12.3. The molecule has 0 amide bonds. The van der Waals surface area contributed by atoms with Gasteiger partial charge >= 0.3 is 0 Å². The van der Waals surface area contributed by atoms with Gasteiger partial charge < -0.3 is 0 Å². The van der Waals surface area contributed by atoms with Crippen LogP contribution in [0.25, 0.3) is 0 Å². The molecule has 3 aliphatic rings. The van der Waals surface area contributed by atoms with Crippen LogP contribution in [-0.4, -0.2) is 19.3 Å². The molecule has 0 N–H and O–H groups in total. The molecule has 0 aliphatic heterocycles. The van der Waals surface area contributed by atoms with Crippen molar-refractivity contribution in [3.05, 3.63) is 0 Å². The highest BCUT2D eigenvalue weighted by molar-refractivity contribution is 7.87. The molecule has 98 valence electrons. The topological polar surface area (TPSA) is 43.4 Å². The molecule has 17 heavy (non-hydrogen) atoms. The van der Waals surface area contributed by atoms with Crippen molar-refractivity contribution in [3.8, 4) is 0 Å². The Bertz CT molecular complexity index is 373. The first-order valence-corrected chi connectivity index (χ1v) is 8.51. The van der Waals surface area contributed by atoms with E-state index in [-0.39, 0.29) is 10.9 Å². The lowest BCUT2D eigenvalue weighted by molar-refractivity contribution is 0.0853. The summed E-state index contributed by atoms with van der Waals surface area (Å²) in [7, 11) is -3.31. The number of rotatable bonds is 3. The van der Waals surface area contributed by atoms with Crippen LogP contribution in [0.3, 0.4) is 0 Å². The minimum Gasteiger partial charge on any atom is -0.263 e. The van der Waals surface area contributed by atoms with Crippen LogP contribution >= 0.6 is 0 Å². The predicted molar refractivity (Wildman–Crippen MR) is 66.2 cm³/mol. The summed E-state index contributed by atoms with van der Waals surface area (Å²) in [5.74, 6) is 0.733. The maximum Gasteiger partial charge on any atom is 0.270 e. The van der Waals surface area contributed by atoms with Gasteiger partial charge in [0.15, 0.2) is 0 Å². The van der Waals surface area contributed by atoms with Gasteiger partial charge in [0.05, 0.1) is 10.9 Å². The Kier molecular flexibility index (Phi) is 2.98. The lowest BCUT2D eigenvalue weighted by Gasteiger charge is -2.30. The molecule has 0 spiro atoms. The van der Waals surface area contributed by atoms with Gasteiger partial charge in [0.25, 0.3) is 10.1 Å². The third-order valence-corrected chi connectivity index (χ3v) is 6.80. The van der Waals surface area contributed by atoms with Crippen LogP contribution in [0.1, 0.15) is 64.2 Å². The second kappa shape index (κ2) is 4.23. The largest absolute Gasteiger partial charge is 0.270 e. The zero-order chi connectivity index (χ0) is 11.9. The van der Waals surface area contributed by atoms with E-state index in [2.05, 4.69) is 0 Å². The van der Waals surface area contributed by atoms with Crippen LogP contribution in [-0.2, 0) is 14.3 Å². The Morgan fingerprint density at radius 2 is 1.59 bits per heavy atom. The van der Waals surface area contributed by atoms with E-state index in [1.165, 1.54) is 19.3 Å². The fourth-order valence-corrected chi connectivity index (χ4v) is 5.70. The molecule has 0 aromatic heterocycles. The fraction of sp³-hybridized carbons (Fsp3) is 1.00. The molecule has 0 atom stereocenters. The second-order valence-electron chi connectivity index (χ2n) is 6.17. The van der Waals surface area contributed by atoms with Gasteiger partial charge in [-0.3, -0.25) is 4.18 Å². The zero-order valence-corrected chi connectivity index (χ0v) is 11.2. The van der Waals surface area contributed by atoms with E-state index in [0.717, 1.165) is 50.9 Å². The molecule has 3 rings (SSSR count). The molecule has 3 saturated carbocycles. The van der Waals surface area contributed by atoms with E-state index in [0.29, 0.717) is 0 Å². The second-order valence-corrected chi connectivity index (χ2v) is 7.99. The van der Waals surface area contributed by atoms with Crippen molar-refractivity contribution in [2.45, 2.75) is 75.1 Å². The highest BCUT2D eigenvalue weighted by Gasteiger charge is 2.49. The van der Waals surface area contributed by atoms with Crippen LogP contribution in [0.5, 0.6) is 0 Å². The molecule has 4 heteroatoms. The Hall–Kier alpha value is -0.0900. The van der Waals surface area contributed by atoms with Crippen molar-refractivity contribution < 1.29 is 12.6 Å². The molecule has 0 radical (unpaired) electrons. The Labute approximate surface area is 104 Å². The number of hydrogen-bond acceptors (Lipinski definition) is 3. The van der Waals surface area contributed by atoms with E-state index in [4.69, 9.17) is 4.18 Å². The monoisotopic (exact) mass is 258 g/mol. The van der Waals surface area contributed by atoms with Crippen LogP contribution in [0.4, 0.5) is 0 Å². The summed E-state index contributed by atoms with van der Waals surface area (Å²) < 4.78 is 30.3. The van der Waals surface area contributed by atoms with Gasteiger partial charge in [-0.05, 0) is 50.9 Å². The number of fused-ring (bicyclic) bond motifs is 2. The average molecular weight is 258 g/mol. The highest BCUT2D eigenvalue weighted by atomic mass is 32.2. The molecule has 0 aromatic carbocycles. The molecule has 0 saturated heterocycles. The van der Waals surface area contributed by atoms with Crippen LogP contribution in [0, 0.1) is 5.92 Å². The first-order valence-electron chi connectivity index (χ1n) is 7.04. The highest BCUT2D eigenvalue weighted by Crippen LogP contribution is 2.51. The van der Waals surface area contributed by atoms with Gasteiger partial charge in [-0.25, -0.2) is 0 Å². The minimum atomic E-state index is -3.31. The van der Waals surface area contributed by atoms with Gasteiger partial charge in [0, 0.05) is 0 Å². The van der Waals surface area contributed by atoms with Crippen LogP contribution in [0.15, 0.2) is 0 Å².